The molecule has 0 aromatic heterocycles. The second kappa shape index (κ2) is 9.82. The fourth-order valence-corrected chi connectivity index (χ4v) is 1.75. The van der Waals surface area contributed by atoms with E-state index in [1.54, 1.807) is 0 Å². The number of ether oxygens (including phenoxy) is 1. The summed E-state index contributed by atoms with van der Waals surface area (Å²) in [5.74, 6) is 0.997. The van der Waals surface area contributed by atoms with Crippen LogP contribution in [0.2, 0.25) is 0 Å². The van der Waals surface area contributed by atoms with Crippen molar-refractivity contribution in [1.29, 1.82) is 0 Å². The van der Waals surface area contributed by atoms with Crippen LogP contribution in [0.1, 0.15) is 39.2 Å². The van der Waals surface area contributed by atoms with Gasteiger partial charge in [0.05, 0.1) is 0 Å². The minimum absolute atomic E-state index is 0.541. The first-order valence-electron chi connectivity index (χ1n) is 7.42. The van der Waals surface area contributed by atoms with Gasteiger partial charge < -0.3 is 15.4 Å². The Kier molecular flexibility index (Phi) is 8.26. The maximum absolute atomic E-state index is 5.85. The predicted octanol–water partition coefficient (Wildman–Crippen LogP) is 2.95. The van der Waals surface area contributed by atoms with Crippen molar-refractivity contribution in [2.45, 2.75) is 46.2 Å². The van der Waals surface area contributed by atoms with Crippen molar-refractivity contribution in [2.24, 2.45) is 0 Å². The highest BCUT2D eigenvalue weighted by molar-refractivity contribution is 5.33. The topological polar surface area (TPSA) is 33.3 Å². The zero-order chi connectivity index (χ0) is 13.9. The molecule has 19 heavy (non-hydrogen) atoms. The lowest BCUT2D eigenvalue weighted by Gasteiger charge is -2.15. The Balaban J connectivity index is 2.39. The standard InChI is InChI=1S/C16H28N2O/c1-4-10-17-11-12-19-16-9-7-6-8-15(16)13-18-14(3)5-2/h6-9,14,17-18H,4-5,10-13H2,1-3H3. The summed E-state index contributed by atoms with van der Waals surface area (Å²) >= 11 is 0. The van der Waals surface area contributed by atoms with Crippen LogP contribution >= 0.6 is 0 Å². The van der Waals surface area contributed by atoms with Gasteiger partial charge in [-0.05, 0) is 32.4 Å². The van der Waals surface area contributed by atoms with Gasteiger partial charge in [-0.1, -0.05) is 32.0 Å². The van der Waals surface area contributed by atoms with Gasteiger partial charge in [0, 0.05) is 24.7 Å². The lowest BCUT2D eigenvalue weighted by atomic mass is 10.2. The molecule has 0 saturated carbocycles. The second-order valence-corrected chi connectivity index (χ2v) is 4.90. The summed E-state index contributed by atoms with van der Waals surface area (Å²) in [6.45, 7) is 10.1. The fourth-order valence-electron chi connectivity index (χ4n) is 1.75. The first-order valence-corrected chi connectivity index (χ1v) is 7.42. The molecule has 1 atom stereocenters. The van der Waals surface area contributed by atoms with Gasteiger partial charge in [0.1, 0.15) is 12.4 Å². The van der Waals surface area contributed by atoms with Gasteiger partial charge in [-0.3, -0.25) is 0 Å². The van der Waals surface area contributed by atoms with Crippen LogP contribution in [0.4, 0.5) is 0 Å². The zero-order valence-corrected chi connectivity index (χ0v) is 12.5. The fraction of sp³-hybridized carbons (Fsp3) is 0.625. The summed E-state index contributed by atoms with van der Waals surface area (Å²) in [7, 11) is 0. The molecule has 0 aliphatic rings. The molecule has 0 fully saturated rings. The van der Waals surface area contributed by atoms with Crippen molar-refractivity contribution in [1.82, 2.24) is 10.6 Å². The summed E-state index contributed by atoms with van der Waals surface area (Å²) in [5, 5.41) is 6.85. The maximum Gasteiger partial charge on any atom is 0.123 e. The van der Waals surface area contributed by atoms with Crippen molar-refractivity contribution < 1.29 is 4.74 Å². The van der Waals surface area contributed by atoms with Gasteiger partial charge in [0.25, 0.3) is 0 Å². The largest absolute Gasteiger partial charge is 0.492 e. The van der Waals surface area contributed by atoms with Crippen LogP contribution in [-0.4, -0.2) is 25.7 Å². The minimum Gasteiger partial charge on any atom is -0.492 e. The maximum atomic E-state index is 5.85. The second-order valence-electron chi connectivity index (χ2n) is 4.90. The number of hydrogen-bond donors (Lipinski definition) is 2. The van der Waals surface area contributed by atoms with Gasteiger partial charge in [-0.15, -0.1) is 0 Å². The summed E-state index contributed by atoms with van der Waals surface area (Å²) in [6, 6.07) is 8.81. The number of rotatable bonds is 10. The van der Waals surface area contributed by atoms with Crippen molar-refractivity contribution in [3.8, 4) is 5.75 Å². The molecule has 1 aromatic carbocycles. The molecule has 1 aromatic rings. The Morgan fingerprint density at radius 3 is 2.68 bits per heavy atom. The Morgan fingerprint density at radius 2 is 1.95 bits per heavy atom. The molecule has 0 saturated heterocycles. The molecule has 0 radical (unpaired) electrons. The number of hydrogen-bond acceptors (Lipinski definition) is 3. The molecule has 3 heteroatoms. The smallest absolute Gasteiger partial charge is 0.123 e. The van der Waals surface area contributed by atoms with Crippen molar-refractivity contribution in [2.75, 3.05) is 19.7 Å². The highest BCUT2D eigenvalue weighted by Crippen LogP contribution is 2.17. The Bertz CT molecular complexity index is 341. The third-order valence-electron chi connectivity index (χ3n) is 3.19. The monoisotopic (exact) mass is 264 g/mol. The molecule has 0 aliphatic heterocycles. The molecular weight excluding hydrogens is 236 g/mol. The van der Waals surface area contributed by atoms with Crippen LogP contribution in [0.15, 0.2) is 24.3 Å². The van der Waals surface area contributed by atoms with E-state index in [1.165, 1.54) is 5.56 Å². The average Bonchev–Trinajstić information content (AvgIpc) is 2.45. The van der Waals surface area contributed by atoms with E-state index in [-0.39, 0.29) is 0 Å². The highest BCUT2D eigenvalue weighted by atomic mass is 16.5. The molecule has 0 aliphatic carbocycles. The van der Waals surface area contributed by atoms with Gasteiger partial charge in [-0.25, -0.2) is 0 Å². The first-order chi connectivity index (χ1) is 9.27. The van der Waals surface area contributed by atoms with Gasteiger partial charge in [0.2, 0.25) is 0 Å². The Hall–Kier alpha value is -1.06. The van der Waals surface area contributed by atoms with E-state index in [1.807, 2.05) is 12.1 Å². The highest BCUT2D eigenvalue weighted by Gasteiger charge is 2.04. The van der Waals surface area contributed by atoms with Crippen molar-refractivity contribution >= 4 is 0 Å². The van der Waals surface area contributed by atoms with Crippen LogP contribution in [0.3, 0.4) is 0 Å². The van der Waals surface area contributed by atoms with Crippen LogP contribution in [0.25, 0.3) is 0 Å². The van der Waals surface area contributed by atoms with Gasteiger partial charge >= 0.3 is 0 Å². The molecule has 0 bridgehead atoms. The normalized spacial score (nSPS) is 12.4. The predicted molar refractivity (Wildman–Crippen MR) is 81.7 cm³/mol. The number of nitrogens with one attached hydrogen (secondary N) is 2. The van der Waals surface area contributed by atoms with Crippen LogP contribution in [-0.2, 0) is 6.54 Å². The van der Waals surface area contributed by atoms with Crippen molar-refractivity contribution in [3.63, 3.8) is 0 Å². The van der Waals surface area contributed by atoms with E-state index >= 15 is 0 Å². The van der Waals surface area contributed by atoms with Crippen molar-refractivity contribution in [3.05, 3.63) is 29.8 Å². The van der Waals surface area contributed by atoms with E-state index in [0.717, 1.165) is 44.8 Å². The third-order valence-corrected chi connectivity index (χ3v) is 3.19. The molecule has 1 rings (SSSR count). The number of para-hydroxylation sites is 1. The Morgan fingerprint density at radius 1 is 1.16 bits per heavy atom. The zero-order valence-electron chi connectivity index (χ0n) is 12.5. The molecule has 0 spiro atoms. The van der Waals surface area contributed by atoms with E-state index in [2.05, 4.69) is 43.5 Å². The van der Waals surface area contributed by atoms with E-state index in [4.69, 9.17) is 4.74 Å². The van der Waals surface area contributed by atoms with E-state index in [9.17, 15) is 0 Å². The average molecular weight is 264 g/mol. The van der Waals surface area contributed by atoms with Crippen LogP contribution in [0, 0.1) is 0 Å². The Labute approximate surface area is 117 Å². The molecule has 3 nitrogen and oxygen atoms in total. The lowest BCUT2D eigenvalue weighted by molar-refractivity contribution is 0.310. The third kappa shape index (κ3) is 6.60. The summed E-state index contributed by atoms with van der Waals surface area (Å²) in [5.41, 5.74) is 1.23. The molecule has 2 N–H and O–H groups in total. The lowest BCUT2D eigenvalue weighted by Crippen LogP contribution is -2.25. The summed E-state index contributed by atoms with van der Waals surface area (Å²) in [4.78, 5) is 0. The first kappa shape index (κ1) is 16.0. The molecule has 0 amide bonds. The molecule has 108 valence electrons. The summed E-state index contributed by atoms with van der Waals surface area (Å²) in [6.07, 6.45) is 2.30. The van der Waals surface area contributed by atoms with E-state index < -0.39 is 0 Å². The molecule has 1 unspecified atom stereocenters. The minimum atomic E-state index is 0.541. The SMILES string of the molecule is CCCNCCOc1ccccc1CNC(C)CC. The van der Waals surface area contributed by atoms with Crippen LogP contribution in [0.5, 0.6) is 5.75 Å². The molecule has 0 heterocycles. The van der Waals surface area contributed by atoms with Crippen LogP contribution < -0.4 is 15.4 Å². The molecular formula is C16H28N2O. The summed E-state index contributed by atoms with van der Waals surface area (Å²) < 4.78 is 5.85. The quantitative estimate of drug-likeness (QED) is 0.637. The number of benzene rings is 1. The van der Waals surface area contributed by atoms with Gasteiger partial charge in [0.15, 0.2) is 0 Å². The van der Waals surface area contributed by atoms with E-state index in [0.29, 0.717) is 6.04 Å². The van der Waals surface area contributed by atoms with Gasteiger partial charge in [-0.2, -0.15) is 0 Å².